The molecule has 1 saturated heterocycles. The number of amides is 1. The van der Waals surface area contributed by atoms with E-state index in [1.165, 1.54) is 15.6 Å². The number of carbonyl (C=O) groups excluding carboxylic acids is 1. The molecule has 1 aromatic heterocycles. The summed E-state index contributed by atoms with van der Waals surface area (Å²) in [6, 6.07) is 9.43. The Kier molecular flexibility index (Phi) is 7.32. The van der Waals surface area contributed by atoms with E-state index in [2.05, 4.69) is 5.32 Å². The molecule has 8 heteroatoms. The predicted octanol–water partition coefficient (Wildman–Crippen LogP) is 3.49. The smallest absolute Gasteiger partial charge is 0.252 e. The van der Waals surface area contributed by atoms with Crippen LogP contribution in [0.1, 0.15) is 36.8 Å². The topological polar surface area (TPSA) is 75.7 Å². The summed E-state index contributed by atoms with van der Waals surface area (Å²) in [6.07, 6.45) is 2.31. The number of hydrogen-bond acceptors (Lipinski definition) is 5. The lowest BCUT2D eigenvalue weighted by Gasteiger charge is -2.31. The van der Waals surface area contributed by atoms with Crippen LogP contribution in [0.4, 0.5) is 0 Å². The summed E-state index contributed by atoms with van der Waals surface area (Å²) >= 11 is 1.23. The highest BCUT2D eigenvalue weighted by molar-refractivity contribution is 7.91. The SMILES string of the molecule is Cc1cccc(C)c1OCCCC(=O)NC1CCN(S(=O)(=O)c2cccs2)CC1. The summed E-state index contributed by atoms with van der Waals surface area (Å²) < 4.78 is 32.8. The number of ether oxygens (including phenoxy) is 1. The van der Waals surface area contributed by atoms with E-state index in [0.717, 1.165) is 16.9 Å². The number of aryl methyl sites for hydroxylation is 2. The molecule has 29 heavy (non-hydrogen) atoms. The molecule has 1 aliphatic heterocycles. The van der Waals surface area contributed by atoms with E-state index in [1.54, 1.807) is 17.5 Å². The minimum absolute atomic E-state index is 0.00494. The third kappa shape index (κ3) is 5.58. The first-order chi connectivity index (χ1) is 13.9. The van der Waals surface area contributed by atoms with Gasteiger partial charge in [-0.1, -0.05) is 24.3 Å². The fraction of sp³-hybridized carbons (Fsp3) is 0.476. The van der Waals surface area contributed by atoms with Crippen LogP contribution in [0.25, 0.3) is 0 Å². The van der Waals surface area contributed by atoms with Crippen molar-refractivity contribution in [1.29, 1.82) is 0 Å². The molecule has 3 rings (SSSR count). The van der Waals surface area contributed by atoms with Gasteiger partial charge in [-0.25, -0.2) is 8.42 Å². The number of nitrogens with one attached hydrogen (secondary N) is 1. The van der Waals surface area contributed by atoms with Gasteiger partial charge in [0.15, 0.2) is 0 Å². The van der Waals surface area contributed by atoms with E-state index in [1.807, 2.05) is 32.0 Å². The van der Waals surface area contributed by atoms with Gasteiger partial charge in [-0.15, -0.1) is 11.3 Å². The molecule has 0 bridgehead atoms. The molecule has 158 valence electrons. The summed E-state index contributed by atoms with van der Waals surface area (Å²) in [6.45, 7) is 5.39. The average Bonchev–Trinajstić information content (AvgIpc) is 3.23. The van der Waals surface area contributed by atoms with Gasteiger partial charge in [0.05, 0.1) is 6.61 Å². The van der Waals surface area contributed by atoms with E-state index in [0.29, 0.717) is 49.6 Å². The van der Waals surface area contributed by atoms with E-state index in [9.17, 15) is 13.2 Å². The van der Waals surface area contributed by atoms with Crippen molar-refractivity contribution < 1.29 is 17.9 Å². The minimum atomic E-state index is -3.40. The average molecular weight is 437 g/mol. The molecule has 1 aromatic carbocycles. The zero-order valence-corrected chi connectivity index (χ0v) is 18.5. The maximum Gasteiger partial charge on any atom is 0.252 e. The maximum absolute atomic E-state index is 12.6. The summed E-state index contributed by atoms with van der Waals surface area (Å²) in [5, 5.41) is 4.80. The van der Waals surface area contributed by atoms with Crippen LogP contribution < -0.4 is 10.1 Å². The molecule has 1 fully saturated rings. The van der Waals surface area contributed by atoms with Crippen LogP contribution in [0.3, 0.4) is 0 Å². The first kappa shape index (κ1) is 21.8. The van der Waals surface area contributed by atoms with Crippen LogP contribution in [0, 0.1) is 13.8 Å². The summed E-state index contributed by atoms with van der Waals surface area (Å²) in [7, 11) is -3.40. The number of hydrogen-bond donors (Lipinski definition) is 1. The molecule has 2 heterocycles. The molecular weight excluding hydrogens is 408 g/mol. The Balaban J connectivity index is 1.38. The van der Waals surface area contributed by atoms with E-state index in [-0.39, 0.29) is 11.9 Å². The monoisotopic (exact) mass is 436 g/mol. The number of nitrogens with zero attached hydrogens (tertiary/aromatic N) is 1. The van der Waals surface area contributed by atoms with Crippen LogP contribution in [-0.2, 0) is 14.8 Å². The largest absolute Gasteiger partial charge is 0.493 e. The van der Waals surface area contributed by atoms with Gasteiger partial charge >= 0.3 is 0 Å². The number of rotatable bonds is 8. The van der Waals surface area contributed by atoms with Gasteiger partial charge in [0.1, 0.15) is 9.96 Å². The van der Waals surface area contributed by atoms with Crippen LogP contribution in [0.5, 0.6) is 5.75 Å². The van der Waals surface area contributed by atoms with Crippen LogP contribution in [0.15, 0.2) is 39.9 Å². The molecule has 0 radical (unpaired) electrons. The summed E-state index contributed by atoms with van der Waals surface area (Å²) in [5.74, 6) is 0.891. The van der Waals surface area contributed by atoms with Gasteiger partial charge in [0.2, 0.25) is 5.91 Å². The van der Waals surface area contributed by atoms with E-state index < -0.39 is 10.0 Å². The lowest BCUT2D eigenvalue weighted by molar-refractivity contribution is -0.122. The summed E-state index contributed by atoms with van der Waals surface area (Å²) in [5.41, 5.74) is 2.19. The number of carbonyl (C=O) groups is 1. The standard InChI is InChI=1S/C21H28N2O4S2/c1-16-6-3-7-17(2)21(16)27-14-4-8-19(24)22-18-10-12-23(13-11-18)29(25,26)20-9-5-15-28-20/h3,5-7,9,15,18H,4,8,10-14H2,1-2H3,(H,22,24). The summed E-state index contributed by atoms with van der Waals surface area (Å²) in [4.78, 5) is 12.2. The molecule has 0 aliphatic carbocycles. The van der Waals surface area contributed by atoms with Crippen molar-refractivity contribution in [3.05, 3.63) is 46.8 Å². The molecule has 1 amide bonds. The van der Waals surface area contributed by atoms with Gasteiger partial charge in [-0.2, -0.15) is 4.31 Å². The van der Waals surface area contributed by atoms with Gasteiger partial charge in [0, 0.05) is 25.6 Å². The predicted molar refractivity (Wildman–Crippen MR) is 115 cm³/mol. The van der Waals surface area contributed by atoms with Gasteiger partial charge in [0.25, 0.3) is 10.0 Å². The fourth-order valence-electron chi connectivity index (χ4n) is 3.51. The fourth-order valence-corrected chi connectivity index (χ4v) is 6.13. The lowest BCUT2D eigenvalue weighted by Crippen LogP contribution is -2.46. The number of thiophene rings is 1. The van der Waals surface area contributed by atoms with Crippen molar-refractivity contribution in [3.8, 4) is 5.75 Å². The van der Waals surface area contributed by atoms with Crippen LogP contribution in [-0.4, -0.2) is 44.4 Å². The van der Waals surface area contributed by atoms with Crippen molar-refractivity contribution in [3.63, 3.8) is 0 Å². The Morgan fingerprint density at radius 2 is 1.86 bits per heavy atom. The number of benzene rings is 1. The van der Waals surface area contributed by atoms with E-state index in [4.69, 9.17) is 4.74 Å². The molecule has 0 unspecified atom stereocenters. The van der Waals surface area contributed by atoms with Crippen LogP contribution in [0.2, 0.25) is 0 Å². The zero-order valence-electron chi connectivity index (χ0n) is 16.9. The first-order valence-corrected chi connectivity index (χ1v) is 12.2. The second-order valence-corrected chi connectivity index (χ2v) is 10.5. The number of piperidine rings is 1. The highest BCUT2D eigenvalue weighted by Crippen LogP contribution is 2.24. The molecule has 2 aromatic rings. The molecule has 1 aliphatic rings. The third-order valence-electron chi connectivity index (χ3n) is 5.11. The van der Waals surface area contributed by atoms with E-state index >= 15 is 0 Å². The van der Waals surface area contributed by atoms with Crippen LogP contribution >= 0.6 is 11.3 Å². The zero-order chi connectivity index (χ0) is 20.9. The Labute approximate surface area is 176 Å². The van der Waals surface area contributed by atoms with Crippen molar-refractivity contribution in [2.75, 3.05) is 19.7 Å². The van der Waals surface area contributed by atoms with Gasteiger partial charge < -0.3 is 10.1 Å². The second-order valence-electron chi connectivity index (χ2n) is 7.35. The van der Waals surface area contributed by atoms with Crippen molar-refractivity contribution in [2.24, 2.45) is 0 Å². The molecule has 1 N–H and O–H groups in total. The van der Waals surface area contributed by atoms with Crippen molar-refractivity contribution >= 4 is 27.3 Å². The van der Waals surface area contributed by atoms with Gasteiger partial charge in [-0.05, 0) is 55.7 Å². The van der Waals surface area contributed by atoms with Gasteiger partial charge in [-0.3, -0.25) is 4.79 Å². The minimum Gasteiger partial charge on any atom is -0.493 e. The Bertz CT molecular complexity index is 898. The Morgan fingerprint density at radius 1 is 1.17 bits per heavy atom. The highest BCUT2D eigenvalue weighted by atomic mass is 32.2. The molecule has 0 atom stereocenters. The quantitative estimate of drug-likeness (QED) is 0.643. The Morgan fingerprint density at radius 3 is 2.48 bits per heavy atom. The molecule has 0 spiro atoms. The highest BCUT2D eigenvalue weighted by Gasteiger charge is 2.30. The lowest BCUT2D eigenvalue weighted by atomic mass is 10.1. The molecule has 0 saturated carbocycles. The first-order valence-electron chi connectivity index (χ1n) is 9.90. The normalized spacial score (nSPS) is 15.9. The number of sulfonamides is 1. The number of para-hydroxylation sites is 1. The Hall–Kier alpha value is -1.90. The molecule has 6 nitrogen and oxygen atoms in total. The van der Waals surface area contributed by atoms with Crippen molar-refractivity contribution in [2.45, 2.75) is 49.8 Å². The maximum atomic E-state index is 12.6. The third-order valence-corrected chi connectivity index (χ3v) is 8.38. The molecular formula is C21H28N2O4S2. The second kappa shape index (κ2) is 9.73. The van der Waals surface area contributed by atoms with Crippen molar-refractivity contribution in [1.82, 2.24) is 9.62 Å².